The normalized spacial score (nSPS) is 21.3. The smallest absolute Gasteiger partial charge is 0.0353 e. The van der Waals surface area contributed by atoms with Gasteiger partial charge in [-0.25, -0.2) is 0 Å². The van der Waals surface area contributed by atoms with Crippen molar-refractivity contribution in [3.05, 3.63) is 24.3 Å². The maximum absolute atomic E-state index is 3.62. The Hall–Kier alpha value is -0.280. The lowest BCUT2D eigenvalue weighted by Crippen LogP contribution is -2.25. The predicted molar refractivity (Wildman–Crippen MR) is 72.2 cm³/mol. The van der Waals surface area contributed by atoms with Crippen LogP contribution in [0.3, 0.4) is 0 Å². The fourth-order valence-electron chi connectivity index (χ4n) is 1.80. The molecule has 1 aromatic carbocycles. The molecule has 82 valence electrons. The molecule has 3 heteroatoms. The average molecular weight is 239 g/mol. The largest absolute Gasteiger partial charge is 0.381 e. The molecule has 0 aromatic heterocycles. The van der Waals surface area contributed by atoms with Gasteiger partial charge in [0.15, 0.2) is 0 Å². The highest BCUT2D eigenvalue weighted by atomic mass is 32.2. The van der Waals surface area contributed by atoms with Crippen molar-refractivity contribution < 1.29 is 0 Å². The van der Waals surface area contributed by atoms with Crippen molar-refractivity contribution in [2.75, 3.05) is 23.1 Å². The number of hydrogen-bond donors (Lipinski definition) is 1. The van der Waals surface area contributed by atoms with E-state index in [2.05, 4.69) is 47.6 Å². The average Bonchev–Trinajstić information content (AvgIpc) is 2.31. The molecule has 0 unspecified atom stereocenters. The molecule has 1 aliphatic rings. The zero-order valence-electron chi connectivity index (χ0n) is 9.03. The first-order valence-corrected chi connectivity index (χ1v) is 7.75. The van der Waals surface area contributed by atoms with Gasteiger partial charge < -0.3 is 5.32 Å². The zero-order valence-corrected chi connectivity index (χ0v) is 10.7. The summed E-state index contributed by atoms with van der Waals surface area (Å²) in [7, 11) is 0. The number of nitrogens with one attached hydrogen (secondary N) is 1. The first-order chi connectivity index (χ1) is 7.38. The highest BCUT2D eigenvalue weighted by Crippen LogP contribution is 2.23. The molecular formula is C12H17NS2. The lowest BCUT2D eigenvalue weighted by Gasteiger charge is -2.23. The van der Waals surface area contributed by atoms with E-state index in [1.165, 1.54) is 34.9 Å². The molecule has 0 spiro atoms. The SMILES string of the molecule is CSc1cccc(N[C@@H]2CCCSC2)c1. The van der Waals surface area contributed by atoms with Gasteiger partial charge in [-0.05, 0) is 43.0 Å². The number of thioether (sulfide) groups is 2. The third kappa shape index (κ3) is 3.35. The van der Waals surface area contributed by atoms with E-state index in [0.717, 1.165) is 0 Å². The Labute approximate surface area is 100 Å². The zero-order chi connectivity index (χ0) is 10.5. The molecular weight excluding hydrogens is 222 g/mol. The van der Waals surface area contributed by atoms with Gasteiger partial charge in [-0.1, -0.05) is 6.07 Å². The van der Waals surface area contributed by atoms with E-state index in [1.807, 2.05) is 0 Å². The molecule has 1 atom stereocenters. The van der Waals surface area contributed by atoms with Crippen LogP contribution in [0.15, 0.2) is 29.2 Å². The number of rotatable bonds is 3. The maximum Gasteiger partial charge on any atom is 0.0353 e. The van der Waals surface area contributed by atoms with Gasteiger partial charge in [-0.2, -0.15) is 11.8 Å². The highest BCUT2D eigenvalue weighted by molar-refractivity contribution is 7.99. The fourth-order valence-corrected chi connectivity index (χ4v) is 3.33. The topological polar surface area (TPSA) is 12.0 Å². The molecule has 0 saturated carbocycles. The van der Waals surface area contributed by atoms with Gasteiger partial charge in [0, 0.05) is 22.4 Å². The Morgan fingerprint density at radius 2 is 2.40 bits per heavy atom. The summed E-state index contributed by atoms with van der Waals surface area (Å²) in [4.78, 5) is 1.34. The first kappa shape index (κ1) is 11.2. The van der Waals surface area contributed by atoms with Gasteiger partial charge in [-0.15, -0.1) is 11.8 Å². The van der Waals surface area contributed by atoms with Crippen molar-refractivity contribution in [2.24, 2.45) is 0 Å². The molecule has 1 nitrogen and oxygen atoms in total. The Kier molecular flexibility index (Phi) is 4.27. The van der Waals surface area contributed by atoms with E-state index in [9.17, 15) is 0 Å². The van der Waals surface area contributed by atoms with Crippen LogP contribution in [0.2, 0.25) is 0 Å². The number of hydrogen-bond acceptors (Lipinski definition) is 3. The van der Waals surface area contributed by atoms with Gasteiger partial charge >= 0.3 is 0 Å². The molecule has 1 aromatic rings. The second-order valence-corrected chi connectivity index (χ2v) is 5.82. The molecule has 1 heterocycles. The van der Waals surface area contributed by atoms with Crippen LogP contribution in [0.25, 0.3) is 0 Å². The summed E-state index contributed by atoms with van der Waals surface area (Å²) in [5, 5.41) is 3.62. The minimum absolute atomic E-state index is 0.667. The van der Waals surface area contributed by atoms with Gasteiger partial charge in [-0.3, -0.25) is 0 Å². The Morgan fingerprint density at radius 1 is 1.47 bits per heavy atom. The molecule has 2 rings (SSSR count). The molecule has 1 saturated heterocycles. The molecule has 0 radical (unpaired) electrons. The van der Waals surface area contributed by atoms with Gasteiger partial charge in [0.05, 0.1) is 0 Å². The third-order valence-corrected chi connectivity index (χ3v) is 4.54. The van der Waals surface area contributed by atoms with E-state index in [4.69, 9.17) is 0 Å². The van der Waals surface area contributed by atoms with Crippen LogP contribution in [0.4, 0.5) is 5.69 Å². The summed E-state index contributed by atoms with van der Waals surface area (Å²) in [6.07, 6.45) is 4.79. The molecule has 1 fully saturated rings. The molecule has 0 amide bonds. The van der Waals surface area contributed by atoms with E-state index in [-0.39, 0.29) is 0 Å². The minimum Gasteiger partial charge on any atom is -0.381 e. The Balaban J connectivity index is 1.96. The van der Waals surface area contributed by atoms with Crippen LogP contribution in [-0.4, -0.2) is 23.8 Å². The fraction of sp³-hybridized carbons (Fsp3) is 0.500. The molecule has 1 aliphatic heterocycles. The van der Waals surface area contributed by atoms with E-state index < -0.39 is 0 Å². The van der Waals surface area contributed by atoms with E-state index in [0.29, 0.717) is 6.04 Å². The summed E-state index contributed by atoms with van der Waals surface area (Å²) in [5.74, 6) is 2.59. The minimum atomic E-state index is 0.667. The van der Waals surface area contributed by atoms with Crippen molar-refractivity contribution in [1.29, 1.82) is 0 Å². The Morgan fingerprint density at radius 3 is 3.13 bits per heavy atom. The monoisotopic (exact) mass is 239 g/mol. The van der Waals surface area contributed by atoms with Crippen LogP contribution >= 0.6 is 23.5 Å². The second-order valence-electron chi connectivity index (χ2n) is 3.79. The van der Waals surface area contributed by atoms with Crippen LogP contribution < -0.4 is 5.32 Å². The van der Waals surface area contributed by atoms with Crippen molar-refractivity contribution in [3.63, 3.8) is 0 Å². The quantitative estimate of drug-likeness (QED) is 0.808. The highest BCUT2D eigenvalue weighted by Gasteiger charge is 2.12. The van der Waals surface area contributed by atoms with Crippen molar-refractivity contribution >= 4 is 29.2 Å². The molecule has 15 heavy (non-hydrogen) atoms. The van der Waals surface area contributed by atoms with Crippen molar-refractivity contribution in [1.82, 2.24) is 0 Å². The van der Waals surface area contributed by atoms with Crippen LogP contribution in [0.5, 0.6) is 0 Å². The maximum atomic E-state index is 3.62. The molecule has 0 bridgehead atoms. The van der Waals surface area contributed by atoms with Crippen molar-refractivity contribution in [2.45, 2.75) is 23.8 Å². The third-order valence-electron chi connectivity index (χ3n) is 2.60. The number of benzene rings is 1. The van der Waals surface area contributed by atoms with E-state index in [1.54, 1.807) is 11.8 Å². The van der Waals surface area contributed by atoms with Gasteiger partial charge in [0.25, 0.3) is 0 Å². The van der Waals surface area contributed by atoms with Gasteiger partial charge in [0.2, 0.25) is 0 Å². The van der Waals surface area contributed by atoms with Crippen LogP contribution in [0, 0.1) is 0 Å². The summed E-state index contributed by atoms with van der Waals surface area (Å²) in [6, 6.07) is 9.36. The van der Waals surface area contributed by atoms with Crippen molar-refractivity contribution in [3.8, 4) is 0 Å². The van der Waals surface area contributed by atoms with Crippen LogP contribution in [-0.2, 0) is 0 Å². The lowest BCUT2D eigenvalue weighted by atomic mass is 10.2. The first-order valence-electron chi connectivity index (χ1n) is 5.37. The standard InChI is InChI=1S/C12H17NS2/c1-14-12-6-2-4-10(8-12)13-11-5-3-7-15-9-11/h2,4,6,8,11,13H,3,5,7,9H2,1H3/t11-/m1/s1. The summed E-state index contributed by atoms with van der Waals surface area (Å²) in [6.45, 7) is 0. The number of anilines is 1. The Bertz CT molecular complexity index is 308. The predicted octanol–water partition coefficient (Wildman–Crippen LogP) is 3.72. The molecule has 0 aliphatic carbocycles. The van der Waals surface area contributed by atoms with E-state index >= 15 is 0 Å². The summed E-state index contributed by atoms with van der Waals surface area (Å²) < 4.78 is 0. The lowest BCUT2D eigenvalue weighted by molar-refractivity contribution is 0.685. The summed E-state index contributed by atoms with van der Waals surface area (Å²) in [5.41, 5.74) is 1.27. The molecule has 1 N–H and O–H groups in total. The summed E-state index contributed by atoms with van der Waals surface area (Å²) >= 11 is 3.86. The van der Waals surface area contributed by atoms with Gasteiger partial charge in [0.1, 0.15) is 0 Å². The van der Waals surface area contributed by atoms with Crippen LogP contribution in [0.1, 0.15) is 12.8 Å². The second kappa shape index (κ2) is 5.71.